The Morgan fingerprint density at radius 3 is 2.62 bits per heavy atom. The monoisotopic (exact) mass is 222 g/mol. The molecular weight excluding hydrogens is 212 g/mol. The molecule has 1 aliphatic heterocycles. The second-order valence-electron chi connectivity index (χ2n) is 3.47. The molecule has 6 nitrogen and oxygen atoms in total. The molecule has 1 aliphatic rings. The largest absolute Gasteiger partial charge is 0.449 e. The lowest BCUT2D eigenvalue weighted by molar-refractivity contribution is -0.384. The molecule has 1 fully saturated rings. The van der Waals surface area contributed by atoms with Gasteiger partial charge in [-0.2, -0.15) is 0 Å². The third-order valence-electron chi connectivity index (χ3n) is 2.44. The van der Waals surface area contributed by atoms with Crippen LogP contribution in [0.3, 0.4) is 0 Å². The Labute approximate surface area is 91.4 Å². The smallest absolute Gasteiger partial charge is 0.407 e. The summed E-state index contributed by atoms with van der Waals surface area (Å²) in [4.78, 5) is 21.0. The molecule has 1 aromatic rings. The van der Waals surface area contributed by atoms with E-state index in [2.05, 4.69) is 5.32 Å². The van der Waals surface area contributed by atoms with E-state index in [1.165, 1.54) is 12.1 Å². The highest BCUT2D eigenvalue weighted by Gasteiger charge is 2.21. The minimum atomic E-state index is -0.452. The topological polar surface area (TPSA) is 81.5 Å². The number of carbonyl (C=O) groups is 1. The summed E-state index contributed by atoms with van der Waals surface area (Å²) < 4.78 is 4.73. The van der Waals surface area contributed by atoms with Crippen LogP contribution in [0.15, 0.2) is 24.3 Å². The van der Waals surface area contributed by atoms with E-state index in [0.717, 1.165) is 5.56 Å². The number of hydrogen-bond acceptors (Lipinski definition) is 4. The molecule has 84 valence electrons. The first kappa shape index (κ1) is 10.4. The van der Waals surface area contributed by atoms with Gasteiger partial charge in [0.15, 0.2) is 0 Å². The molecule has 16 heavy (non-hydrogen) atoms. The van der Waals surface area contributed by atoms with Crippen molar-refractivity contribution in [2.75, 3.05) is 6.61 Å². The van der Waals surface area contributed by atoms with Crippen LogP contribution in [0.25, 0.3) is 0 Å². The number of cyclic esters (lactones) is 1. The highest BCUT2D eigenvalue weighted by Crippen LogP contribution is 2.22. The summed E-state index contributed by atoms with van der Waals surface area (Å²) in [7, 11) is 0. The fraction of sp³-hybridized carbons (Fsp3) is 0.300. The van der Waals surface area contributed by atoms with Gasteiger partial charge in [-0.25, -0.2) is 4.79 Å². The zero-order valence-corrected chi connectivity index (χ0v) is 8.38. The van der Waals surface area contributed by atoms with Crippen molar-refractivity contribution in [3.63, 3.8) is 0 Å². The standard InChI is InChI=1S/C10H10N2O4/c13-10-11-9(5-6-16-10)7-1-3-8(4-2-7)12(14)15/h1-4,9H,5-6H2,(H,11,13)/t9-/m1/s1. The molecule has 0 unspecified atom stereocenters. The van der Waals surface area contributed by atoms with Gasteiger partial charge in [0.05, 0.1) is 17.6 Å². The van der Waals surface area contributed by atoms with Crippen molar-refractivity contribution in [2.45, 2.75) is 12.5 Å². The maximum atomic E-state index is 11.0. The molecule has 1 saturated heterocycles. The normalized spacial score (nSPS) is 19.8. The van der Waals surface area contributed by atoms with Gasteiger partial charge < -0.3 is 10.1 Å². The number of hydrogen-bond donors (Lipinski definition) is 1. The van der Waals surface area contributed by atoms with E-state index < -0.39 is 11.0 Å². The van der Waals surface area contributed by atoms with Crippen molar-refractivity contribution in [1.82, 2.24) is 5.32 Å². The van der Waals surface area contributed by atoms with Crippen molar-refractivity contribution in [1.29, 1.82) is 0 Å². The fourth-order valence-electron chi connectivity index (χ4n) is 1.60. The number of ether oxygens (including phenoxy) is 1. The zero-order chi connectivity index (χ0) is 11.5. The Bertz CT molecular complexity index is 415. The van der Waals surface area contributed by atoms with Crippen molar-refractivity contribution >= 4 is 11.8 Å². The van der Waals surface area contributed by atoms with Gasteiger partial charge in [-0.15, -0.1) is 0 Å². The molecule has 6 heteroatoms. The van der Waals surface area contributed by atoms with Gasteiger partial charge in [0.2, 0.25) is 0 Å². The van der Waals surface area contributed by atoms with Crippen LogP contribution < -0.4 is 5.32 Å². The predicted molar refractivity (Wildman–Crippen MR) is 54.9 cm³/mol. The van der Waals surface area contributed by atoms with Gasteiger partial charge in [-0.3, -0.25) is 10.1 Å². The lowest BCUT2D eigenvalue weighted by Gasteiger charge is -2.23. The second-order valence-corrected chi connectivity index (χ2v) is 3.47. The van der Waals surface area contributed by atoms with E-state index in [1.54, 1.807) is 12.1 Å². The van der Waals surface area contributed by atoms with E-state index in [0.29, 0.717) is 13.0 Å². The van der Waals surface area contributed by atoms with Crippen LogP contribution in [-0.2, 0) is 4.74 Å². The van der Waals surface area contributed by atoms with Gasteiger partial charge in [0.25, 0.3) is 5.69 Å². The minimum Gasteiger partial charge on any atom is -0.449 e. The maximum absolute atomic E-state index is 11.0. The van der Waals surface area contributed by atoms with E-state index in [9.17, 15) is 14.9 Å². The highest BCUT2D eigenvalue weighted by atomic mass is 16.6. The van der Waals surface area contributed by atoms with Gasteiger partial charge in [-0.05, 0) is 5.56 Å². The average Bonchev–Trinajstić information content (AvgIpc) is 2.29. The first-order valence-corrected chi connectivity index (χ1v) is 4.84. The fourth-order valence-corrected chi connectivity index (χ4v) is 1.60. The number of nitro groups is 1. The SMILES string of the molecule is O=C1N[C@@H](c2ccc([N+](=O)[O-])cc2)CCO1. The number of amides is 1. The van der Waals surface area contributed by atoms with Crippen LogP contribution in [-0.4, -0.2) is 17.6 Å². The number of non-ortho nitro benzene ring substituents is 1. The quantitative estimate of drug-likeness (QED) is 0.610. The zero-order valence-electron chi connectivity index (χ0n) is 8.38. The van der Waals surface area contributed by atoms with E-state index >= 15 is 0 Å². The molecule has 0 aromatic heterocycles. The number of nitrogens with zero attached hydrogens (tertiary/aromatic N) is 1. The molecule has 1 atom stereocenters. The summed E-state index contributed by atoms with van der Waals surface area (Å²) in [5.74, 6) is 0. The molecule has 0 radical (unpaired) electrons. The Hall–Kier alpha value is -2.11. The van der Waals surface area contributed by atoms with Crippen LogP contribution >= 0.6 is 0 Å². The molecule has 1 N–H and O–H groups in total. The Balaban J connectivity index is 2.14. The van der Waals surface area contributed by atoms with E-state index in [4.69, 9.17) is 4.74 Å². The summed E-state index contributed by atoms with van der Waals surface area (Å²) in [5, 5.41) is 13.1. The highest BCUT2D eigenvalue weighted by molar-refractivity contribution is 5.68. The number of nitro benzene ring substituents is 1. The Kier molecular flexibility index (Phi) is 2.72. The minimum absolute atomic E-state index is 0.0436. The second kappa shape index (κ2) is 4.18. The molecule has 1 aromatic carbocycles. The Morgan fingerprint density at radius 2 is 2.06 bits per heavy atom. The van der Waals surface area contributed by atoms with Crippen molar-refractivity contribution in [3.8, 4) is 0 Å². The number of nitrogens with one attached hydrogen (secondary N) is 1. The maximum Gasteiger partial charge on any atom is 0.407 e. The van der Waals surface area contributed by atoms with Crippen LogP contribution in [0, 0.1) is 10.1 Å². The first-order chi connectivity index (χ1) is 7.66. The third kappa shape index (κ3) is 2.10. The van der Waals surface area contributed by atoms with Crippen molar-refractivity contribution in [2.24, 2.45) is 0 Å². The van der Waals surface area contributed by atoms with Crippen molar-refractivity contribution < 1.29 is 14.5 Å². The molecular formula is C10H10N2O4. The summed E-state index contributed by atoms with van der Waals surface area (Å²) in [6.07, 6.45) is 0.221. The number of rotatable bonds is 2. The van der Waals surface area contributed by atoms with Gasteiger partial charge in [0, 0.05) is 18.6 Å². The number of benzene rings is 1. The van der Waals surface area contributed by atoms with Crippen molar-refractivity contribution in [3.05, 3.63) is 39.9 Å². The van der Waals surface area contributed by atoms with E-state index in [-0.39, 0.29) is 11.7 Å². The molecule has 0 spiro atoms. The van der Waals surface area contributed by atoms with Crippen LogP contribution in [0.2, 0.25) is 0 Å². The number of carbonyl (C=O) groups excluding carboxylic acids is 1. The summed E-state index contributed by atoms with van der Waals surface area (Å²) in [6.45, 7) is 0.369. The average molecular weight is 222 g/mol. The molecule has 0 aliphatic carbocycles. The third-order valence-corrected chi connectivity index (χ3v) is 2.44. The first-order valence-electron chi connectivity index (χ1n) is 4.84. The summed E-state index contributed by atoms with van der Waals surface area (Å²) in [5.41, 5.74) is 0.893. The van der Waals surface area contributed by atoms with Crippen LogP contribution in [0.1, 0.15) is 18.0 Å². The molecule has 2 rings (SSSR count). The van der Waals surface area contributed by atoms with Crippen LogP contribution in [0.4, 0.5) is 10.5 Å². The van der Waals surface area contributed by atoms with E-state index in [1.807, 2.05) is 0 Å². The van der Waals surface area contributed by atoms with Gasteiger partial charge in [-0.1, -0.05) is 12.1 Å². The predicted octanol–water partition coefficient (Wildman–Crippen LogP) is 1.77. The summed E-state index contributed by atoms with van der Waals surface area (Å²) in [6, 6.07) is 6.03. The molecule has 0 saturated carbocycles. The van der Waals surface area contributed by atoms with Gasteiger partial charge in [0.1, 0.15) is 0 Å². The lowest BCUT2D eigenvalue weighted by Crippen LogP contribution is -2.35. The van der Waals surface area contributed by atoms with Crippen LogP contribution in [0.5, 0.6) is 0 Å². The number of alkyl carbamates (subject to hydrolysis) is 1. The molecule has 1 amide bonds. The lowest BCUT2D eigenvalue weighted by atomic mass is 10.0. The molecule has 1 heterocycles. The molecule has 0 bridgehead atoms. The Morgan fingerprint density at radius 1 is 1.38 bits per heavy atom. The summed E-state index contributed by atoms with van der Waals surface area (Å²) >= 11 is 0. The van der Waals surface area contributed by atoms with Gasteiger partial charge >= 0.3 is 6.09 Å².